The molecule has 0 unspecified atom stereocenters. The van der Waals surface area contributed by atoms with Crippen LogP contribution in [-0.2, 0) is 4.74 Å². The zero-order chi connectivity index (χ0) is 15.6. The number of ether oxygens (including phenoxy) is 1. The highest BCUT2D eigenvalue weighted by molar-refractivity contribution is 5.88. The molecule has 1 amide bonds. The Bertz CT molecular complexity index is 525. The van der Waals surface area contributed by atoms with Gasteiger partial charge in [0, 0.05) is 19.0 Å². The topological polar surface area (TPSA) is 95.5 Å². The van der Waals surface area contributed by atoms with Crippen LogP contribution in [0.3, 0.4) is 0 Å². The fraction of sp³-hybridized carbons (Fsp3) is 0.643. The zero-order valence-corrected chi connectivity index (χ0v) is 12.5. The average molecular weight is 295 g/mol. The van der Waals surface area contributed by atoms with Crippen LogP contribution in [0.15, 0.2) is 6.20 Å². The number of carbonyl (C=O) groups is 2. The molecule has 2 heterocycles. The molecule has 1 aromatic heterocycles. The standard InChI is InChI=1S/C14H21N3O4/c1-14(2,3)21-13(20)17-6-4-9(5-7-17)11-10(12(18)19)8-15-16-11/h8-9H,4-7H2,1-3H3,(H,15,16)(H,18,19). The Kier molecular flexibility index (Phi) is 4.20. The number of carboxylic acids is 1. The maximum Gasteiger partial charge on any atom is 0.410 e. The minimum absolute atomic E-state index is 0.0808. The SMILES string of the molecule is CC(C)(C)OC(=O)N1CCC(c2[nH]ncc2C(=O)O)CC1. The molecule has 1 saturated heterocycles. The van der Waals surface area contributed by atoms with Gasteiger partial charge in [0.1, 0.15) is 11.2 Å². The predicted molar refractivity (Wildman–Crippen MR) is 75.3 cm³/mol. The van der Waals surface area contributed by atoms with E-state index in [0.29, 0.717) is 31.6 Å². The summed E-state index contributed by atoms with van der Waals surface area (Å²) in [5, 5.41) is 15.7. The van der Waals surface area contributed by atoms with Crippen molar-refractivity contribution in [2.45, 2.75) is 45.1 Å². The average Bonchev–Trinajstić information content (AvgIpc) is 2.86. The second-order valence-electron chi connectivity index (χ2n) is 6.24. The summed E-state index contributed by atoms with van der Waals surface area (Å²) in [6, 6.07) is 0. The van der Waals surface area contributed by atoms with Gasteiger partial charge in [-0.1, -0.05) is 0 Å². The summed E-state index contributed by atoms with van der Waals surface area (Å²) in [5.41, 5.74) is 0.352. The minimum Gasteiger partial charge on any atom is -0.478 e. The Labute approximate surface area is 123 Å². The molecule has 1 fully saturated rings. The van der Waals surface area contributed by atoms with Gasteiger partial charge in [0.05, 0.1) is 11.9 Å². The molecule has 0 spiro atoms. The lowest BCUT2D eigenvalue weighted by molar-refractivity contribution is 0.0203. The summed E-state index contributed by atoms with van der Waals surface area (Å²) in [5.74, 6) is -0.898. The van der Waals surface area contributed by atoms with Crippen molar-refractivity contribution < 1.29 is 19.4 Å². The fourth-order valence-corrected chi connectivity index (χ4v) is 2.45. The molecule has 1 aliphatic heterocycles. The van der Waals surface area contributed by atoms with Crippen molar-refractivity contribution in [2.24, 2.45) is 0 Å². The van der Waals surface area contributed by atoms with Crippen LogP contribution in [0, 0.1) is 0 Å². The molecule has 7 nitrogen and oxygen atoms in total. The maximum absolute atomic E-state index is 12.0. The van der Waals surface area contributed by atoms with Crippen molar-refractivity contribution in [3.05, 3.63) is 17.5 Å². The van der Waals surface area contributed by atoms with Gasteiger partial charge in [0.15, 0.2) is 0 Å². The molecule has 116 valence electrons. The smallest absolute Gasteiger partial charge is 0.410 e. The Balaban J connectivity index is 1.96. The van der Waals surface area contributed by atoms with E-state index in [-0.39, 0.29) is 17.6 Å². The Morgan fingerprint density at radius 2 is 2.00 bits per heavy atom. The van der Waals surface area contributed by atoms with E-state index in [1.807, 2.05) is 20.8 Å². The number of aromatic nitrogens is 2. The molecule has 7 heteroatoms. The molecule has 1 aliphatic rings. The molecule has 0 bridgehead atoms. The molecular formula is C14H21N3O4. The normalized spacial score (nSPS) is 16.8. The first-order valence-electron chi connectivity index (χ1n) is 7.02. The Morgan fingerprint density at radius 3 is 2.52 bits per heavy atom. The van der Waals surface area contributed by atoms with Crippen molar-refractivity contribution in [1.82, 2.24) is 15.1 Å². The number of likely N-dealkylation sites (tertiary alicyclic amines) is 1. The highest BCUT2D eigenvalue weighted by atomic mass is 16.6. The van der Waals surface area contributed by atoms with Gasteiger partial charge < -0.3 is 14.7 Å². The number of amides is 1. The van der Waals surface area contributed by atoms with E-state index in [0.717, 1.165) is 0 Å². The van der Waals surface area contributed by atoms with E-state index in [9.17, 15) is 9.59 Å². The number of aromatic carboxylic acids is 1. The molecular weight excluding hydrogens is 274 g/mol. The molecule has 0 radical (unpaired) electrons. The molecule has 0 aliphatic carbocycles. The molecule has 21 heavy (non-hydrogen) atoms. The lowest BCUT2D eigenvalue weighted by Crippen LogP contribution is -2.41. The van der Waals surface area contributed by atoms with Crippen LogP contribution in [-0.4, -0.2) is 51.0 Å². The summed E-state index contributed by atoms with van der Waals surface area (Å²) in [4.78, 5) is 24.7. The first kappa shape index (κ1) is 15.3. The number of piperidine rings is 1. The maximum atomic E-state index is 12.0. The summed E-state index contributed by atoms with van der Waals surface area (Å²) >= 11 is 0. The van der Waals surface area contributed by atoms with Crippen LogP contribution in [0.25, 0.3) is 0 Å². The van der Waals surface area contributed by atoms with Gasteiger partial charge in [0.2, 0.25) is 0 Å². The number of nitrogens with zero attached hydrogens (tertiary/aromatic N) is 2. The van der Waals surface area contributed by atoms with Gasteiger partial charge in [-0.25, -0.2) is 9.59 Å². The lowest BCUT2D eigenvalue weighted by Gasteiger charge is -2.33. The van der Waals surface area contributed by atoms with E-state index in [2.05, 4.69) is 10.2 Å². The first-order chi connectivity index (χ1) is 9.78. The van der Waals surface area contributed by atoms with E-state index in [4.69, 9.17) is 9.84 Å². The van der Waals surface area contributed by atoms with Gasteiger partial charge in [-0.2, -0.15) is 5.10 Å². The summed E-state index contributed by atoms with van der Waals surface area (Å²) in [6.07, 6.45) is 2.41. The third kappa shape index (κ3) is 3.74. The second kappa shape index (κ2) is 5.75. The van der Waals surface area contributed by atoms with Crippen molar-refractivity contribution in [3.63, 3.8) is 0 Å². The van der Waals surface area contributed by atoms with Gasteiger partial charge in [-0.05, 0) is 33.6 Å². The van der Waals surface area contributed by atoms with E-state index in [1.54, 1.807) is 4.90 Å². The highest BCUT2D eigenvalue weighted by Gasteiger charge is 2.30. The summed E-state index contributed by atoms with van der Waals surface area (Å²) < 4.78 is 5.34. The molecule has 2 N–H and O–H groups in total. The van der Waals surface area contributed by atoms with Crippen LogP contribution in [0.4, 0.5) is 4.79 Å². The Hall–Kier alpha value is -2.05. The van der Waals surface area contributed by atoms with E-state index >= 15 is 0 Å². The third-order valence-corrected chi connectivity index (χ3v) is 3.45. The lowest BCUT2D eigenvalue weighted by atomic mass is 9.91. The summed E-state index contributed by atoms with van der Waals surface area (Å²) in [6.45, 7) is 6.61. The van der Waals surface area contributed by atoms with Crippen LogP contribution in [0.1, 0.15) is 55.6 Å². The first-order valence-corrected chi connectivity index (χ1v) is 7.02. The number of carboxylic acid groups (broad SMARTS) is 1. The largest absolute Gasteiger partial charge is 0.478 e. The number of nitrogens with one attached hydrogen (secondary N) is 1. The third-order valence-electron chi connectivity index (χ3n) is 3.45. The predicted octanol–water partition coefficient (Wildman–Crippen LogP) is 2.22. The van der Waals surface area contributed by atoms with Crippen molar-refractivity contribution in [2.75, 3.05) is 13.1 Å². The second-order valence-corrected chi connectivity index (χ2v) is 6.24. The van der Waals surface area contributed by atoms with Gasteiger partial charge in [-0.15, -0.1) is 0 Å². The number of aromatic amines is 1. The molecule has 0 aromatic carbocycles. The number of H-pyrrole nitrogens is 1. The molecule has 0 atom stereocenters. The zero-order valence-electron chi connectivity index (χ0n) is 12.5. The van der Waals surface area contributed by atoms with Crippen LogP contribution >= 0.6 is 0 Å². The monoisotopic (exact) mass is 295 g/mol. The number of hydrogen-bond acceptors (Lipinski definition) is 4. The van der Waals surface area contributed by atoms with Gasteiger partial charge in [-0.3, -0.25) is 5.10 Å². The van der Waals surface area contributed by atoms with Crippen molar-refractivity contribution >= 4 is 12.1 Å². The highest BCUT2D eigenvalue weighted by Crippen LogP contribution is 2.29. The number of carbonyl (C=O) groups excluding carboxylic acids is 1. The molecule has 0 saturated carbocycles. The van der Waals surface area contributed by atoms with Crippen molar-refractivity contribution in [3.8, 4) is 0 Å². The fourth-order valence-electron chi connectivity index (χ4n) is 2.45. The van der Waals surface area contributed by atoms with E-state index in [1.165, 1.54) is 6.20 Å². The molecule has 1 aromatic rings. The number of rotatable bonds is 2. The Morgan fingerprint density at radius 1 is 1.38 bits per heavy atom. The molecule has 2 rings (SSSR count). The van der Waals surface area contributed by atoms with Gasteiger partial charge >= 0.3 is 12.1 Å². The van der Waals surface area contributed by atoms with Crippen LogP contribution in [0.5, 0.6) is 0 Å². The quantitative estimate of drug-likeness (QED) is 0.872. The van der Waals surface area contributed by atoms with Crippen molar-refractivity contribution in [1.29, 1.82) is 0 Å². The van der Waals surface area contributed by atoms with Gasteiger partial charge in [0.25, 0.3) is 0 Å². The van der Waals surface area contributed by atoms with E-state index < -0.39 is 11.6 Å². The van der Waals surface area contributed by atoms with Crippen LogP contribution < -0.4 is 0 Å². The number of hydrogen-bond donors (Lipinski definition) is 2. The minimum atomic E-state index is -0.978. The summed E-state index contributed by atoms with van der Waals surface area (Å²) in [7, 11) is 0. The van der Waals surface area contributed by atoms with Crippen LogP contribution in [0.2, 0.25) is 0 Å².